The van der Waals surface area contributed by atoms with Crippen molar-refractivity contribution in [2.45, 2.75) is 12.8 Å². The number of carbonyl (C=O) groups excluding carboxylic acids is 1. The van der Waals surface area contributed by atoms with E-state index >= 15 is 0 Å². The van der Waals surface area contributed by atoms with Crippen LogP contribution < -0.4 is 10.1 Å². The number of nitrogens with one attached hydrogen (secondary N) is 1. The second-order valence-corrected chi connectivity index (χ2v) is 4.19. The number of rotatable bonds is 5. The normalized spacial score (nSPS) is 9.55. The Labute approximate surface area is 118 Å². The zero-order valence-electron chi connectivity index (χ0n) is 11.0. The molecule has 100 valence electrons. The minimum absolute atomic E-state index is 0.0836. The summed E-state index contributed by atoms with van der Waals surface area (Å²) in [5, 5.41) is 2.78. The Bertz CT molecular complexity index is 597. The average molecular weight is 265 g/mol. The van der Waals surface area contributed by atoms with Crippen molar-refractivity contribution in [1.29, 1.82) is 0 Å². The summed E-state index contributed by atoms with van der Waals surface area (Å²) in [6.45, 7) is 0. The minimum Gasteiger partial charge on any atom is -0.457 e. The Morgan fingerprint density at radius 1 is 1.05 bits per heavy atom. The van der Waals surface area contributed by atoms with Crippen molar-refractivity contribution in [3.05, 3.63) is 54.6 Å². The summed E-state index contributed by atoms with van der Waals surface area (Å²) < 4.78 is 5.66. The van der Waals surface area contributed by atoms with E-state index in [1.54, 1.807) is 12.1 Å². The van der Waals surface area contributed by atoms with E-state index < -0.39 is 0 Å². The Balaban J connectivity index is 1.93. The molecule has 2 aromatic carbocycles. The number of ether oxygens (including phenoxy) is 1. The van der Waals surface area contributed by atoms with Crippen LogP contribution in [0.2, 0.25) is 0 Å². The van der Waals surface area contributed by atoms with E-state index in [1.807, 2.05) is 42.5 Å². The highest BCUT2D eigenvalue weighted by atomic mass is 16.5. The van der Waals surface area contributed by atoms with Gasteiger partial charge in [-0.25, -0.2) is 0 Å². The summed E-state index contributed by atoms with van der Waals surface area (Å²) in [6.07, 6.45) is 5.89. The van der Waals surface area contributed by atoms with E-state index in [0.29, 0.717) is 12.8 Å². The molecule has 0 heterocycles. The molecule has 0 unspecified atom stereocenters. The maximum absolute atomic E-state index is 11.5. The molecule has 2 aromatic rings. The number of para-hydroxylation sites is 1. The highest BCUT2D eigenvalue weighted by molar-refractivity contribution is 5.90. The van der Waals surface area contributed by atoms with Crippen LogP contribution in [0.5, 0.6) is 11.5 Å². The summed E-state index contributed by atoms with van der Waals surface area (Å²) in [4.78, 5) is 11.5. The smallest absolute Gasteiger partial charge is 0.225 e. The molecule has 0 atom stereocenters. The van der Waals surface area contributed by atoms with Gasteiger partial charge in [-0.3, -0.25) is 4.79 Å². The highest BCUT2D eigenvalue weighted by Crippen LogP contribution is 2.22. The quantitative estimate of drug-likeness (QED) is 0.834. The van der Waals surface area contributed by atoms with Crippen LogP contribution >= 0.6 is 0 Å². The molecular formula is C17H15NO2. The summed E-state index contributed by atoms with van der Waals surface area (Å²) in [5.41, 5.74) is 0.729. The second-order valence-electron chi connectivity index (χ2n) is 4.19. The molecule has 1 amide bonds. The van der Waals surface area contributed by atoms with Crippen molar-refractivity contribution in [2.24, 2.45) is 0 Å². The number of amides is 1. The molecule has 0 spiro atoms. The van der Waals surface area contributed by atoms with Crippen molar-refractivity contribution in [3.63, 3.8) is 0 Å². The van der Waals surface area contributed by atoms with E-state index in [2.05, 4.69) is 11.2 Å². The lowest BCUT2D eigenvalue weighted by Gasteiger charge is -2.07. The first-order valence-electron chi connectivity index (χ1n) is 6.34. The fourth-order valence-electron chi connectivity index (χ4n) is 1.64. The molecule has 20 heavy (non-hydrogen) atoms. The van der Waals surface area contributed by atoms with Crippen LogP contribution in [0.15, 0.2) is 54.6 Å². The number of carbonyl (C=O) groups is 1. The van der Waals surface area contributed by atoms with Crippen LogP contribution in [0.4, 0.5) is 5.69 Å². The van der Waals surface area contributed by atoms with Gasteiger partial charge in [0.1, 0.15) is 11.5 Å². The van der Waals surface area contributed by atoms with E-state index in [0.717, 1.165) is 17.2 Å². The van der Waals surface area contributed by atoms with Gasteiger partial charge in [0.05, 0.1) is 0 Å². The summed E-state index contributed by atoms with van der Waals surface area (Å²) >= 11 is 0. The van der Waals surface area contributed by atoms with Crippen molar-refractivity contribution in [2.75, 3.05) is 5.32 Å². The van der Waals surface area contributed by atoms with Crippen molar-refractivity contribution in [3.8, 4) is 23.8 Å². The lowest BCUT2D eigenvalue weighted by molar-refractivity contribution is -0.116. The zero-order valence-corrected chi connectivity index (χ0v) is 11.0. The molecule has 0 aliphatic heterocycles. The molecule has 3 heteroatoms. The Hall–Kier alpha value is -2.73. The number of hydrogen-bond donors (Lipinski definition) is 1. The highest BCUT2D eigenvalue weighted by Gasteiger charge is 2.02. The van der Waals surface area contributed by atoms with Crippen molar-refractivity contribution in [1.82, 2.24) is 0 Å². The fourth-order valence-corrected chi connectivity index (χ4v) is 1.64. The van der Waals surface area contributed by atoms with Gasteiger partial charge < -0.3 is 10.1 Å². The molecule has 0 fully saturated rings. The van der Waals surface area contributed by atoms with Crippen LogP contribution in [0.3, 0.4) is 0 Å². The topological polar surface area (TPSA) is 38.3 Å². The first-order chi connectivity index (χ1) is 9.78. The lowest BCUT2D eigenvalue weighted by atomic mass is 10.2. The predicted molar refractivity (Wildman–Crippen MR) is 79.7 cm³/mol. The molecule has 0 aromatic heterocycles. The summed E-state index contributed by atoms with van der Waals surface area (Å²) in [5.74, 6) is 3.85. The fraction of sp³-hybridized carbons (Fsp3) is 0.118. The summed E-state index contributed by atoms with van der Waals surface area (Å²) in [7, 11) is 0. The third kappa shape index (κ3) is 4.18. The molecule has 0 saturated heterocycles. The first-order valence-corrected chi connectivity index (χ1v) is 6.34. The summed E-state index contributed by atoms with van der Waals surface area (Å²) in [6, 6.07) is 16.7. The third-order valence-electron chi connectivity index (χ3n) is 2.61. The van der Waals surface area contributed by atoms with Gasteiger partial charge in [0.2, 0.25) is 5.91 Å². The van der Waals surface area contributed by atoms with Gasteiger partial charge in [0, 0.05) is 18.5 Å². The van der Waals surface area contributed by atoms with E-state index in [9.17, 15) is 4.79 Å². The van der Waals surface area contributed by atoms with E-state index in [-0.39, 0.29) is 5.91 Å². The predicted octanol–water partition coefficient (Wildman–Crippen LogP) is 3.83. The Morgan fingerprint density at radius 2 is 1.70 bits per heavy atom. The maximum atomic E-state index is 11.5. The van der Waals surface area contributed by atoms with Crippen LogP contribution in [-0.4, -0.2) is 5.91 Å². The van der Waals surface area contributed by atoms with Gasteiger partial charge in [-0.2, -0.15) is 0 Å². The van der Waals surface area contributed by atoms with E-state index in [1.165, 1.54) is 0 Å². The van der Waals surface area contributed by atoms with Crippen LogP contribution in [0, 0.1) is 12.3 Å². The number of terminal acetylenes is 1. The number of benzene rings is 2. The molecular weight excluding hydrogens is 250 g/mol. The van der Waals surface area contributed by atoms with Crippen LogP contribution in [-0.2, 0) is 4.79 Å². The molecule has 0 aliphatic carbocycles. The average Bonchev–Trinajstić information content (AvgIpc) is 2.48. The zero-order chi connectivity index (χ0) is 14.2. The maximum Gasteiger partial charge on any atom is 0.225 e. The van der Waals surface area contributed by atoms with Gasteiger partial charge >= 0.3 is 0 Å². The number of anilines is 1. The van der Waals surface area contributed by atoms with Gasteiger partial charge in [-0.15, -0.1) is 12.3 Å². The van der Waals surface area contributed by atoms with Crippen LogP contribution in [0.25, 0.3) is 0 Å². The lowest BCUT2D eigenvalue weighted by Crippen LogP contribution is -2.10. The van der Waals surface area contributed by atoms with Crippen molar-refractivity contribution < 1.29 is 9.53 Å². The Morgan fingerprint density at radius 3 is 2.35 bits per heavy atom. The Kier molecular flexibility index (Phi) is 4.80. The second kappa shape index (κ2) is 7.01. The molecule has 3 nitrogen and oxygen atoms in total. The third-order valence-corrected chi connectivity index (χ3v) is 2.61. The van der Waals surface area contributed by atoms with Crippen molar-refractivity contribution >= 4 is 11.6 Å². The SMILES string of the molecule is C#CCCC(=O)Nc1ccc(Oc2ccccc2)cc1. The first kappa shape index (κ1) is 13.7. The minimum atomic E-state index is -0.0836. The molecule has 0 bridgehead atoms. The monoisotopic (exact) mass is 265 g/mol. The molecule has 0 saturated carbocycles. The van der Waals surface area contributed by atoms with Gasteiger partial charge in [-0.1, -0.05) is 18.2 Å². The van der Waals surface area contributed by atoms with Gasteiger partial charge in [0.25, 0.3) is 0 Å². The molecule has 0 radical (unpaired) electrons. The largest absolute Gasteiger partial charge is 0.457 e. The van der Waals surface area contributed by atoms with Gasteiger partial charge in [-0.05, 0) is 36.4 Å². The van der Waals surface area contributed by atoms with E-state index in [4.69, 9.17) is 11.2 Å². The number of hydrogen-bond acceptors (Lipinski definition) is 2. The molecule has 0 aliphatic rings. The van der Waals surface area contributed by atoms with Gasteiger partial charge in [0.15, 0.2) is 0 Å². The molecule has 2 rings (SSSR count). The standard InChI is InChI=1S/C17H15NO2/c1-2-3-9-17(19)18-14-10-12-16(13-11-14)20-15-7-5-4-6-8-15/h1,4-8,10-13H,3,9H2,(H,18,19). The van der Waals surface area contributed by atoms with Crippen LogP contribution in [0.1, 0.15) is 12.8 Å². The molecule has 1 N–H and O–H groups in total.